The molecule has 0 aliphatic heterocycles. The first-order valence-corrected chi connectivity index (χ1v) is 8.47. The van der Waals surface area contributed by atoms with E-state index in [9.17, 15) is 4.79 Å². The van der Waals surface area contributed by atoms with Crippen LogP contribution in [0.5, 0.6) is 0 Å². The first kappa shape index (κ1) is 16.3. The molecule has 2 aromatic heterocycles. The third-order valence-corrected chi connectivity index (χ3v) is 4.03. The van der Waals surface area contributed by atoms with Gasteiger partial charge in [-0.05, 0) is 45.0 Å². The van der Waals surface area contributed by atoms with Crippen molar-refractivity contribution in [1.82, 2.24) is 14.5 Å². The second-order valence-electron chi connectivity index (χ2n) is 7.19. The lowest BCUT2D eigenvalue weighted by Gasteiger charge is -2.19. The number of pyridine rings is 1. The number of hydrogen-bond acceptors (Lipinski definition) is 4. The number of hydrogen-bond donors (Lipinski definition) is 0. The van der Waals surface area contributed by atoms with Gasteiger partial charge in [0.25, 0.3) is 0 Å². The Morgan fingerprint density at radius 2 is 1.81 bits per heavy atom. The van der Waals surface area contributed by atoms with Gasteiger partial charge < -0.3 is 4.74 Å². The minimum atomic E-state index is -0.553. The van der Waals surface area contributed by atoms with Crippen LogP contribution in [0.15, 0.2) is 60.9 Å². The molecule has 2 aromatic carbocycles. The third kappa shape index (κ3) is 3.04. The highest BCUT2D eigenvalue weighted by Crippen LogP contribution is 2.25. The minimum absolute atomic E-state index is 0.434. The molecule has 0 amide bonds. The van der Waals surface area contributed by atoms with Crippen LogP contribution in [0.3, 0.4) is 0 Å². The molecular weight excluding hydrogens is 326 g/mol. The van der Waals surface area contributed by atoms with Crippen molar-refractivity contribution in [2.75, 3.05) is 0 Å². The number of rotatable bonds is 1. The second kappa shape index (κ2) is 5.95. The molecule has 0 aliphatic rings. The van der Waals surface area contributed by atoms with Gasteiger partial charge in [0.15, 0.2) is 0 Å². The number of carbonyl (C=O) groups excluding carboxylic acids is 1. The number of benzene rings is 2. The summed E-state index contributed by atoms with van der Waals surface area (Å²) >= 11 is 0. The molecule has 0 fully saturated rings. The Bertz CT molecular complexity index is 1120. The smallest absolute Gasteiger partial charge is 0.420 e. The summed E-state index contributed by atoms with van der Waals surface area (Å²) in [6.45, 7) is 5.52. The predicted molar refractivity (Wildman–Crippen MR) is 102 cm³/mol. The van der Waals surface area contributed by atoms with Crippen molar-refractivity contribution in [2.24, 2.45) is 0 Å². The van der Waals surface area contributed by atoms with Crippen molar-refractivity contribution in [3.05, 3.63) is 60.9 Å². The van der Waals surface area contributed by atoms with Gasteiger partial charge in [-0.3, -0.25) is 0 Å². The topological polar surface area (TPSA) is 57.0 Å². The Morgan fingerprint density at radius 1 is 1.00 bits per heavy atom. The highest BCUT2D eigenvalue weighted by Gasteiger charge is 2.19. The summed E-state index contributed by atoms with van der Waals surface area (Å²) in [7, 11) is 0. The fraction of sp³-hybridized carbons (Fsp3) is 0.190. The van der Waals surface area contributed by atoms with Crippen LogP contribution in [-0.4, -0.2) is 26.2 Å². The van der Waals surface area contributed by atoms with Crippen LogP contribution in [0.25, 0.3) is 33.2 Å². The maximum atomic E-state index is 12.3. The van der Waals surface area contributed by atoms with Crippen LogP contribution in [0.4, 0.5) is 4.79 Å². The molecule has 26 heavy (non-hydrogen) atoms. The molecule has 4 aromatic rings. The molecule has 5 heteroatoms. The van der Waals surface area contributed by atoms with Crippen LogP contribution in [0, 0.1) is 0 Å². The molecule has 0 saturated carbocycles. The van der Waals surface area contributed by atoms with Gasteiger partial charge in [-0.15, -0.1) is 0 Å². The van der Waals surface area contributed by atoms with Gasteiger partial charge in [0, 0.05) is 10.9 Å². The van der Waals surface area contributed by atoms with Crippen molar-refractivity contribution < 1.29 is 9.53 Å². The zero-order chi connectivity index (χ0) is 18.3. The van der Waals surface area contributed by atoms with Crippen LogP contribution >= 0.6 is 0 Å². The predicted octanol–water partition coefficient (Wildman–Crippen LogP) is 5.03. The number of nitrogens with zero attached hydrogens (tertiary/aromatic N) is 3. The number of ether oxygens (including phenoxy) is 1. The zero-order valence-corrected chi connectivity index (χ0v) is 14.9. The molecule has 0 unspecified atom stereocenters. The van der Waals surface area contributed by atoms with E-state index in [2.05, 4.69) is 11.1 Å². The first-order valence-electron chi connectivity index (χ1n) is 8.47. The van der Waals surface area contributed by atoms with E-state index in [1.807, 2.05) is 69.3 Å². The fourth-order valence-electron chi connectivity index (χ4n) is 2.86. The van der Waals surface area contributed by atoms with Crippen LogP contribution in [0.1, 0.15) is 20.8 Å². The lowest BCUT2D eigenvalue weighted by atomic mass is 10.1. The van der Waals surface area contributed by atoms with Gasteiger partial charge >= 0.3 is 6.09 Å². The molecule has 2 heterocycles. The Balaban J connectivity index is 1.73. The molecule has 130 valence electrons. The number of para-hydroxylation sites is 1. The van der Waals surface area contributed by atoms with Crippen molar-refractivity contribution in [2.45, 2.75) is 26.4 Å². The van der Waals surface area contributed by atoms with Crippen LogP contribution in [-0.2, 0) is 4.74 Å². The molecule has 0 spiro atoms. The van der Waals surface area contributed by atoms with Gasteiger partial charge in [-0.25, -0.2) is 19.3 Å². The Kier molecular flexibility index (Phi) is 3.72. The highest BCUT2D eigenvalue weighted by atomic mass is 16.6. The van der Waals surface area contributed by atoms with E-state index in [0.29, 0.717) is 5.52 Å². The molecule has 4 rings (SSSR count). The van der Waals surface area contributed by atoms with E-state index >= 15 is 0 Å². The van der Waals surface area contributed by atoms with E-state index < -0.39 is 11.7 Å². The van der Waals surface area contributed by atoms with E-state index in [4.69, 9.17) is 9.72 Å². The summed E-state index contributed by atoms with van der Waals surface area (Å²) in [6, 6.07) is 17.8. The number of fused-ring (bicyclic) bond motifs is 2. The summed E-state index contributed by atoms with van der Waals surface area (Å²) in [5.41, 5.74) is 3.66. The van der Waals surface area contributed by atoms with Crippen molar-refractivity contribution in [3.63, 3.8) is 0 Å². The molecule has 0 bridgehead atoms. The van der Waals surface area contributed by atoms with E-state index in [1.54, 1.807) is 0 Å². The quantitative estimate of drug-likeness (QED) is 0.485. The SMILES string of the molecule is CC(C)(C)OC(=O)n1cnc2cc(-c3ccc4ccccc4n3)ccc21. The fourth-order valence-corrected chi connectivity index (χ4v) is 2.86. The Labute approximate surface area is 151 Å². The molecule has 0 atom stereocenters. The molecule has 5 nitrogen and oxygen atoms in total. The lowest BCUT2D eigenvalue weighted by Crippen LogP contribution is -2.26. The highest BCUT2D eigenvalue weighted by molar-refractivity contribution is 5.90. The summed E-state index contributed by atoms with van der Waals surface area (Å²) in [6.07, 6.45) is 1.06. The standard InChI is InChI=1S/C21H19N3O2/c1-21(2,3)26-20(25)24-13-22-18-12-15(9-11-19(18)24)17-10-8-14-6-4-5-7-16(14)23-17/h4-13H,1-3H3. The molecule has 0 aliphatic carbocycles. The molecular formula is C21H19N3O2. The van der Waals surface area contributed by atoms with E-state index in [-0.39, 0.29) is 0 Å². The average molecular weight is 345 g/mol. The molecule has 0 N–H and O–H groups in total. The number of aromatic nitrogens is 3. The second-order valence-corrected chi connectivity index (χ2v) is 7.19. The summed E-state index contributed by atoms with van der Waals surface area (Å²) < 4.78 is 6.85. The van der Waals surface area contributed by atoms with Gasteiger partial charge in [0.1, 0.15) is 11.9 Å². The first-order chi connectivity index (χ1) is 12.4. The van der Waals surface area contributed by atoms with E-state index in [1.165, 1.54) is 10.9 Å². The van der Waals surface area contributed by atoms with Gasteiger partial charge in [0.05, 0.1) is 22.2 Å². The third-order valence-electron chi connectivity index (χ3n) is 4.03. The zero-order valence-electron chi connectivity index (χ0n) is 14.9. The normalized spacial score (nSPS) is 11.8. The van der Waals surface area contributed by atoms with Gasteiger partial charge in [-0.2, -0.15) is 0 Å². The summed E-state index contributed by atoms with van der Waals surface area (Å²) in [5.74, 6) is 0. The number of carbonyl (C=O) groups is 1. The van der Waals surface area contributed by atoms with E-state index in [0.717, 1.165) is 27.7 Å². The number of imidazole rings is 1. The van der Waals surface area contributed by atoms with Crippen molar-refractivity contribution >= 4 is 28.0 Å². The van der Waals surface area contributed by atoms with Crippen LogP contribution in [0.2, 0.25) is 0 Å². The Morgan fingerprint density at radius 3 is 2.62 bits per heavy atom. The largest absolute Gasteiger partial charge is 0.443 e. The van der Waals surface area contributed by atoms with Crippen LogP contribution < -0.4 is 0 Å². The summed E-state index contributed by atoms with van der Waals surface area (Å²) in [4.78, 5) is 21.4. The molecule has 0 radical (unpaired) electrons. The van der Waals surface area contributed by atoms with Crippen molar-refractivity contribution in [1.29, 1.82) is 0 Å². The van der Waals surface area contributed by atoms with Gasteiger partial charge in [-0.1, -0.05) is 30.3 Å². The summed E-state index contributed by atoms with van der Waals surface area (Å²) in [5, 5.41) is 1.10. The maximum absolute atomic E-state index is 12.3. The lowest BCUT2D eigenvalue weighted by molar-refractivity contribution is 0.0543. The van der Waals surface area contributed by atoms with Crippen molar-refractivity contribution in [3.8, 4) is 11.3 Å². The van der Waals surface area contributed by atoms with Gasteiger partial charge in [0.2, 0.25) is 0 Å². The minimum Gasteiger partial charge on any atom is -0.443 e. The molecule has 0 saturated heterocycles. The monoisotopic (exact) mass is 345 g/mol. The maximum Gasteiger partial charge on any atom is 0.420 e. The Hall–Kier alpha value is -3.21. The average Bonchev–Trinajstić information content (AvgIpc) is 3.03.